The summed E-state index contributed by atoms with van der Waals surface area (Å²) in [5.41, 5.74) is 5.09. The minimum Gasteiger partial charge on any atom is -0.490 e. The van der Waals surface area contributed by atoms with Crippen molar-refractivity contribution in [2.45, 2.75) is 38.3 Å². The molecule has 2 aromatic rings. The van der Waals surface area contributed by atoms with Gasteiger partial charge in [0.2, 0.25) is 0 Å². The molecule has 1 aromatic heterocycles. The van der Waals surface area contributed by atoms with Gasteiger partial charge in [-0.1, -0.05) is 12.1 Å². The van der Waals surface area contributed by atoms with Crippen molar-refractivity contribution in [2.75, 3.05) is 0 Å². The molecule has 106 valence electrons. The number of hydrogen-bond donors (Lipinski definition) is 2. The number of aromatic nitrogens is 1. The lowest BCUT2D eigenvalue weighted by Crippen LogP contribution is -2.29. The molecule has 0 amide bonds. The molecule has 1 aliphatic rings. The number of hydrogen-bond acceptors (Lipinski definition) is 5. The Morgan fingerprint density at radius 2 is 2.15 bits per heavy atom. The number of rotatable bonds is 6. The fourth-order valence-electron chi connectivity index (χ4n) is 2.10. The largest absolute Gasteiger partial charge is 0.490 e. The molecule has 0 aliphatic heterocycles. The van der Waals surface area contributed by atoms with Gasteiger partial charge in [-0.25, -0.2) is 4.98 Å². The van der Waals surface area contributed by atoms with Crippen LogP contribution in [0.2, 0.25) is 0 Å². The second-order valence-corrected chi connectivity index (χ2v) is 6.13. The predicted molar refractivity (Wildman–Crippen MR) is 80.7 cm³/mol. The van der Waals surface area contributed by atoms with Gasteiger partial charge in [-0.15, -0.1) is 11.3 Å². The van der Waals surface area contributed by atoms with Crippen LogP contribution in [0.3, 0.4) is 0 Å². The SMILES string of the molecule is Cc1csc(CC(NN)c2ccc(OC3CC3)cc2)n1. The van der Waals surface area contributed by atoms with Crippen LogP contribution in [0.1, 0.15) is 35.1 Å². The molecule has 1 aromatic carbocycles. The fourth-order valence-corrected chi connectivity index (χ4v) is 2.92. The number of thiazole rings is 1. The highest BCUT2D eigenvalue weighted by atomic mass is 32.1. The number of nitrogens with zero attached hydrogens (tertiary/aromatic N) is 1. The van der Waals surface area contributed by atoms with Crippen molar-refractivity contribution in [1.29, 1.82) is 0 Å². The van der Waals surface area contributed by atoms with Crippen molar-refractivity contribution in [1.82, 2.24) is 10.4 Å². The van der Waals surface area contributed by atoms with E-state index in [9.17, 15) is 0 Å². The van der Waals surface area contributed by atoms with E-state index in [1.807, 2.05) is 19.1 Å². The Hall–Kier alpha value is -1.43. The summed E-state index contributed by atoms with van der Waals surface area (Å²) in [6.45, 7) is 2.01. The van der Waals surface area contributed by atoms with Crippen molar-refractivity contribution in [2.24, 2.45) is 5.84 Å². The third kappa shape index (κ3) is 3.36. The van der Waals surface area contributed by atoms with E-state index in [2.05, 4.69) is 27.9 Å². The molecule has 1 aliphatic carbocycles. The first-order valence-corrected chi connectivity index (χ1v) is 7.76. The molecule has 4 nitrogen and oxygen atoms in total. The van der Waals surface area contributed by atoms with Crippen LogP contribution >= 0.6 is 11.3 Å². The summed E-state index contributed by atoms with van der Waals surface area (Å²) in [4.78, 5) is 4.49. The summed E-state index contributed by atoms with van der Waals surface area (Å²) in [5.74, 6) is 6.63. The van der Waals surface area contributed by atoms with Crippen molar-refractivity contribution < 1.29 is 4.74 Å². The molecule has 3 N–H and O–H groups in total. The Morgan fingerprint density at radius 1 is 1.40 bits per heavy atom. The second kappa shape index (κ2) is 5.91. The van der Waals surface area contributed by atoms with Crippen LogP contribution in [0, 0.1) is 6.92 Å². The third-order valence-electron chi connectivity index (χ3n) is 3.36. The van der Waals surface area contributed by atoms with Crippen LogP contribution < -0.4 is 16.0 Å². The maximum atomic E-state index is 5.75. The summed E-state index contributed by atoms with van der Waals surface area (Å²) >= 11 is 1.68. The zero-order chi connectivity index (χ0) is 13.9. The lowest BCUT2D eigenvalue weighted by molar-refractivity contribution is 0.303. The minimum absolute atomic E-state index is 0.0792. The highest BCUT2D eigenvalue weighted by molar-refractivity contribution is 7.09. The van der Waals surface area contributed by atoms with Crippen LogP contribution in [0.5, 0.6) is 5.75 Å². The first-order valence-electron chi connectivity index (χ1n) is 6.88. The van der Waals surface area contributed by atoms with Crippen molar-refractivity contribution in [3.63, 3.8) is 0 Å². The first-order chi connectivity index (χ1) is 9.74. The predicted octanol–water partition coefficient (Wildman–Crippen LogP) is 2.74. The zero-order valence-corrected chi connectivity index (χ0v) is 12.3. The van der Waals surface area contributed by atoms with Crippen molar-refractivity contribution in [3.8, 4) is 5.75 Å². The van der Waals surface area contributed by atoms with Gasteiger partial charge in [-0.2, -0.15) is 0 Å². The van der Waals surface area contributed by atoms with Gasteiger partial charge in [0.15, 0.2) is 0 Å². The maximum absolute atomic E-state index is 5.75. The average Bonchev–Trinajstić information content (AvgIpc) is 3.18. The molecule has 1 saturated carbocycles. The van der Waals surface area contributed by atoms with E-state index in [0.717, 1.165) is 28.4 Å². The molecular weight excluding hydrogens is 270 g/mol. The highest BCUT2D eigenvalue weighted by Gasteiger charge is 2.23. The van der Waals surface area contributed by atoms with E-state index in [-0.39, 0.29) is 6.04 Å². The van der Waals surface area contributed by atoms with Crippen LogP contribution in [0.15, 0.2) is 29.6 Å². The monoisotopic (exact) mass is 289 g/mol. The van der Waals surface area contributed by atoms with Gasteiger partial charge in [-0.3, -0.25) is 11.3 Å². The van der Waals surface area contributed by atoms with Gasteiger partial charge in [0.25, 0.3) is 0 Å². The van der Waals surface area contributed by atoms with Gasteiger partial charge in [0, 0.05) is 17.5 Å². The van der Waals surface area contributed by atoms with E-state index < -0.39 is 0 Å². The summed E-state index contributed by atoms with van der Waals surface area (Å²) in [6.07, 6.45) is 3.59. The molecule has 0 radical (unpaired) electrons. The van der Waals surface area contributed by atoms with Gasteiger partial charge in [0.05, 0.1) is 17.2 Å². The summed E-state index contributed by atoms with van der Waals surface area (Å²) in [7, 11) is 0. The molecule has 0 saturated heterocycles. The quantitative estimate of drug-likeness (QED) is 0.634. The van der Waals surface area contributed by atoms with Gasteiger partial charge >= 0.3 is 0 Å². The minimum atomic E-state index is 0.0792. The van der Waals surface area contributed by atoms with Gasteiger partial charge in [0.1, 0.15) is 5.75 Å². The number of benzene rings is 1. The van der Waals surface area contributed by atoms with E-state index in [1.54, 1.807) is 11.3 Å². The van der Waals surface area contributed by atoms with Crippen LogP contribution in [-0.4, -0.2) is 11.1 Å². The zero-order valence-electron chi connectivity index (χ0n) is 11.5. The van der Waals surface area contributed by atoms with Gasteiger partial charge in [-0.05, 0) is 37.5 Å². The van der Waals surface area contributed by atoms with E-state index in [0.29, 0.717) is 6.10 Å². The van der Waals surface area contributed by atoms with E-state index in [4.69, 9.17) is 10.6 Å². The number of nitrogens with one attached hydrogen (secondary N) is 1. The Morgan fingerprint density at radius 3 is 2.70 bits per heavy atom. The summed E-state index contributed by atoms with van der Waals surface area (Å²) in [5, 5.41) is 3.17. The third-order valence-corrected chi connectivity index (χ3v) is 4.35. The lowest BCUT2D eigenvalue weighted by Gasteiger charge is -2.15. The highest BCUT2D eigenvalue weighted by Crippen LogP contribution is 2.28. The molecule has 3 rings (SSSR count). The van der Waals surface area contributed by atoms with Crippen LogP contribution in [-0.2, 0) is 6.42 Å². The number of nitrogens with two attached hydrogens (primary N) is 1. The first kappa shape index (κ1) is 13.5. The second-order valence-electron chi connectivity index (χ2n) is 5.19. The number of hydrazine groups is 1. The van der Waals surface area contributed by atoms with Crippen molar-refractivity contribution >= 4 is 11.3 Å². The molecule has 1 atom stereocenters. The fraction of sp³-hybridized carbons (Fsp3) is 0.400. The molecule has 0 bridgehead atoms. The van der Waals surface area contributed by atoms with Crippen molar-refractivity contribution in [3.05, 3.63) is 45.9 Å². The topological polar surface area (TPSA) is 60.2 Å². The summed E-state index contributed by atoms with van der Waals surface area (Å²) < 4.78 is 5.75. The van der Waals surface area contributed by atoms with Gasteiger partial charge < -0.3 is 4.74 Å². The Bertz CT molecular complexity index is 563. The normalized spacial score (nSPS) is 16.1. The molecule has 5 heteroatoms. The molecule has 1 unspecified atom stereocenters. The standard InChI is InChI=1S/C15H19N3OS/c1-10-9-20-15(17-10)8-14(18-16)11-2-4-12(5-3-11)19-13-6-7-13/h2-5,9,13-14,18H,6-8,16H2,1H3. The smallest absolute Gasteiger partial charge is 0.119 e. The molecule has 1 fully saturated rings. The molecule has 0 spiro atoms. The van der Waals surface area contributed by atoms with E-state index >= 15 is 0 Å². The maximum Gasteiger partial charge on any atom is 0.119 e. The van der Waals surface area contributed by atoms with Crippen LogP contribution in [0.4, 0.5) is 0 Å². The van der Waals surface area contributed by atoms with E-state index in [1.165, 1.54) is 12.8 Å². The molecule has 1 heterocycles. The number of aryl methyl sites for hydroxylation is 1. The molecule has 20 heavy (non-hydrogen) atoms. The Balaban J connectivity index is 1.68. The Kier molecular flexibility index (Phi) is 4.00. The lowest BCUT2D eigenvalue weighted by atomic mass is 10.0. The Labute approximate surface area is 123 Å². The van der Waals surface area contributed by atoms with Crippen LogP contribution in [0.25, 0.3) is 0 Å². The molecular formula is C15H19N3OS. The summed E-state index contributed by atoms with van der Waals surface area (Å²) in [6, 6.07) is 8.26. The average molecular weight is 289 g/mol. The number of ether oxygens (including phenoxy) is 1.